The van der Waals surface area contributed by atoms with Crippen LogP contribution in [0.3, 0.4) is 0 Å². The number of carbonyl (C=O) groups is 1. The molecular weight excluding hydrogens is 244 g/mol. The van der Waals surface area contributed by atoms with Gasteiger partial charge in [-0.15, -0.1) is 0 Å². The maximum Gasteiger partial charge on any atom is 0.238 e. The SMILES string of the molecule is CN1C(=O)C(C)(C)c2ncc(Br)cc21. The van der Waals surface area contributed by atoms with E-state index >= 15 is 0 Å². The monoisotopic (exact) mass is 254 g/mol. The predicted molar refractivity (Wildman–Crippen MR) is 58.4 cm³/mol. The van der Waals surface area contributed by atoms with Crippen molar-refractivity contribution in [2.75, 3.05) is 11.9 Å². The van der Waals surface area contributed by atoms with E-state index in [9.17, 15) is 4.79 Å². The third kappa shape index (κ3) is 1.10. The van der Waals surface area contributed by atoms with E-state index in [2.05, 4.69) is 20.9 Å². The van der Waals surface area contributed by atoms with Gasteiger partial charge in [-0.3, -0.25) is 9.78 Å². The number of halogens is 1. The Morgan fingerprint density at radius 3 is 2.79 bits per heavy atom. The molecule has 0 unspecified atom stereocenters. The lowest BCUT2D eigenvalue weighted by Gasteiger charge is -2.15. The molecule has 2 heterocycles. The zero-order valence-electron chi connectivity index (χ0n) is 8.34. The zero-order valence-corrected chi connectivity index (χ0v) is 9.92. The van der Waals surface area contributed by atoms with Crippen LogP contribution in [0.2, 0.25) is 0 Å². The number of carbonyl (C=O) groups excluding carboxylic acids is 1. The Balaban J connectivity index is 2.68. The molecule has 2 rings (SSSR count). The molecule has 0 radical (unpaired) electrons. The highest BCUT2D eigenvalue weighted by molar-refractivity contribution is 9.10. The van der Waals surface area contributed by atoms with Crippen molar-refractivity contribution < 1.29 is 4.79 Å². The highest BCUT2D eigenvalue weighted by Crippen LogP contribution is 2.39. The number of amides is 1. The predicted octanol–water partition coefficient (Wildman–Crippen LogP) is 2.10. The first kappa shape index (κ1) is 9.65. The van der Waals surface area contributed by atoms with Crippen LogP contribution in [0, 0.1) is 0 Å². The lowest BCUT2D eigenvalue weighted by molar-refractivity contribution is -0.121. The first-order chi connectivity index (χ1) is 6.44. The van der Waals surface area contributed by atoms with Crippen molar-refractivity contribution in [3.8, 4) is 0 Å². The second-order valence-electron chi connectivity index (χ2n) is 4.01. The van der Waals surface area contributed by atoms with E-state index in [4.69, 9.17) is 0 Å². The van der Waals surface area contributed by atoms with Crippen LogP contribution in [0.25, 0.3) is 0 Å². The lowest BCUT2D eigenvalue weighted by Crippen LogP contribution is -2.33. The second-order valence-corrected chi connectivity index (χ2v) is 4.93. The van der Waals surface area contributed by atoms with Crippen LogP contribution in [-0.2, 0) is 10.2 Å². The molecule has 4 heteroatoms. The summed E-state index contributed by atoms with van der Waals surface area (Å²) in [5, 5.41) is 0. The van der Waals surface area contributed by atoms with Crippen molar-refractivity contribution in [2.45, 2.75) is 19.3 Å². The van der Waals surface area contributed by atoms with Gasteiger partial charge in [0, 0.05) is 17.7 Å². The normalized spacial score (nSPS) is 18.6. The molecule has 3 nitrogen and oxygen atoms in total. The first-order valence-corrected chi connectivity index (χ1v) is 5.18. The molecule has 0 bridgehead atoms. The fourth-order valence-corrected chi connectivity index (χ4v) is 2.11. The summed E-state index contributed by atoms with van der Waals surface area (Å²) >= 11 is 3.35. The van der Waals surface area contributed by atoms with Crippen LogP contribution >= 0.6 is 15.9 Å². The molecule has 0 saturated carbocycles. The Morgan fingerprint density at radius 2 is 2.14 bits per heavy atom. The molecule has 0 aliphatic carbocycles. The van der Waals surface area contributed by atoms with E-state index in [0.29, 0.717) is 0 Å². The third-order valence-electron chi connectivity index (χ3n) is 2.63. The summed E-state index contributed by atoms with van der Waals surface area (Å²) in [6.45, 7) is 3.80. The summed E-state index contributed by atoms with van der Waals surface area (Å²) in [5.74, 6) is 0.0955. The molecule has 0 atom stereocenters. The Kier molecular flexibility index (Phi) is 1.93. The Hall–Kier alpha value is -0.900. The summed E-state index contributed by atoms with van der Waals surface area (Å²) < 4.78 is 0.897. The Bertz CT molecular complexity index is 415. The number of rotatable bonds is 0. The first-order valence-electron chi connectivity index (χ1n) is 4.39. The Morgan fingerprint density at radius 1 is 1.50 bits per heavy atom. The van der Waals surface area contributed by atoms with Crippen LogP contribution < -0.4 is 4.90 Å². The standard InChI is InChI=1S/C10H11BrN2O/c1-10(2)8-7(13(3)9(10)14)4-6(11)5-12-8/h4-5H,1-3H3. The topological polar surface area (TPSA) is 33.2 Å². The summed E-state index contributed by atoms with van der Waals surface area (Å²) in [5.41, 5.74) is 1.26. The van der Waals surface area contributed by atoms with Crippen molar-refractivity contribution in [3.05, 3.63) is 22.4 Å². The quantitative estimate of drug-likeness (QED) is 0.711. The van der Waals surface area contributed by atoms with Gasteiger partial charge in [0.1, 0.15) is 0 Å². The molecule has 1 aliphatic heterocycles. The van der Waals surface area contributed by atoms with Gasteiger partial charge in [-0.1, -0.05) is 0 Å². The molecule has 14 heavy (non-hydrogen) atoms. The van der Waals surface area contributed by atoms with Crippen LogP contribution in [0.1, 0.15) is 19.5 Å². The number of aromatic nitrogens is 1. The van der Waals surface area contributed by atoms with Gasteiger partial charge in [-0.2, -0.15) is 0 Å². The van der Waals surface area contributed by atoms with Gasteiger partial charge in [0.15, 0.2) is 0 Å². The molecule has 0 N–H and O–H groups in total. The minimum absolute atomic E-state index is 0.0955. The zero-order chi connectivity index (χ0) is 10.5. The number of nitrogens with zero attached hydrogens (tertiary/aromatic N) is 2. The van der Waals surface area contributed by atoms with Crippen molar-refractivity contribution in [2.24, 2.45) is 0 Å². The van der Waals surface area contributed by atoms with Gasteiger partial charge in [0.25, 0.3) is 0 Å². The second kappa shape index (κ2) is 2.79. The van der Waals surface area contributed by atoms with Gasteiger partial charge in [-0.25, -0.2) is 0 Å². The summed E-state index contributed by atoms with van der Waals surface area (Å²) in [6, 6.07) is 1.93. The van der Waals surface area contributed by atoms with Gasteiger partial charge in [-0.05, 0) is 35.8 Å². The largest absolute Gasteiger partial charge is 0.313 e. The molecule has 0 spiro atoms. The minimum atomic E-state index is -0.495. The molecule has 0 aromatic carbocycles. The number of likely N-dealkylation sites (N-methyl/N-ethyl adjacent to an activating group) is 1. The van der Waals surface area contributed by atoms with Crippen LogP contribution in [-0.4, -0.2) is 17.9 Å². The average Bonchev–Trinajstić information content (AvgIpc) is 2.28. The van der Waals surface area contributed by atoms with Gasteiger partial charge < -0.3 is 4.90 Å². The smallest absolute Gasteiger partial charge is 0.238 e. The maximum atomic E-state index is 11.9. The number of fused-ring (bicyclic) bond motifs is 1. The summed E-state index contributed by atoms with van der Waals surface area (Å²) in [6.07, 6.45) is 1.73. The van der Waals surface area contributed by atoms with E-state index in [0.717, 1.165) is 15.9 Å². The van der Waals surface area contributed by atoms with E-state index in [-0.39, 0.29) is 5.91 Å². The molecule has 0 fully saturated rings. The van der Waals surface area contributed by atoms with Crippen molar-refractivity contribution in [3.63, 3.8) is 0 Å². The lowest BCUT2D eigenvalue weighted by atomic mass is 9.90. The minimum Gasteiger partial charge on any atom is -0.313 e. The van der Waals surface area contributed by atoms with E-state index in [1.165, 1.54) is 0 Å². The number of hydrogen-bond donors (Lipinski definition) is 0. The van der Waals surface area contributed by atoms with Crippen molar-refractivity contribution in [1.29, 1.82) is 0 Å². The van der Waals surface area contributed by atoms with Gasteiger partial charge in [0.2, 0.25) is 5.91 Å². The van der Waals surface area contributed by atoms with E-state index < -0.39 is 5.41 Å². The van der Waals surface area contributed by atoms with Crippen LogP contribution in [0.5, 0.6) is 0 Å². The van der Waals surface area contributed by atoms with Crippen molar-refractivity contribution in [1.82, 2.24) is 4.98 Å². The number of anilines is 1. The highest BCUT2D eigenvalue weighted by Gasteiger charge is 2.43. The highest BCUT2D eigenvalue weighted by atomic mass is 79.9. The molecule has 1 amide bonds. The third-order valence-corrected chi connectivity index (χ3v) is 3.06. The average molecular weight is 255 g/mol. The van der Waals surface area contributed by atoms with Crippen molar-refractivity contribution >= 4 is 27.5 Å². The van der Waals surface area contributed by atoms with Gasteiger partial charge >= 0.3 is 0 Å². The van der Waals surface area contributed by atoms with E-state index in [1.54, 1.807) is 18.1 Å². The molecule has 0 saturated heterocycles. The van der Waals surface area contributed by atoms with Crippen LogP contribution in [0.4, 0.5) is 5.69 Å². The number of hydrogen-bond acceptors (Lipinski definition) is 2. The van der Waals surface area contributed by atoms with E-state index in [1.807, 2.05) is 19.9 Å². The fourth-order valence-electron chi connectivity index (χ4n) is 1.80. The summed E-state index contributed by atoms with van der Waals surface area (Å²) in [4.78, 5) is 17.8. The summed E-state index contributed by atoms with van der Waals surface area (Å²) in [7, 11) is 1.78. The van der Waals surface area contributed by atoms with Gasteiger partial charge in [0.05, 0.1) is 16.8 Å². The molecule has 1 aliphatic rings. The maximum absolute atomic E-state index is 11.9. The molecular formula is C10H11BrN2O. The Labute approximate surface area is 91.3 Å². The fraction of sp³-hybridized carbons (Fsp3) is 0.400. The van der Waals surface area contributed by atoms with Crippen LogP contribution in [0.15, 0.2) is 16.7 Å². The molecule has 74 valence electrons. The molecule has 1 aromatic rings. The molecule has 1 aromatic heterocycles. The number of pyridine rings is 1.